The van der Waals surface area contributed by atoms with Gasteiger partial charge in [-0.3, -0.25) is 14.5 Å². The molecule has 0 radical (unpaired) electrons. The molecule has 1 aliphatic heterocycles. The summed E-state index contributed by atoms with van der Waals surface area (Å²) in [6.07, 6.45) is 1.94. The molecule has 4 amide bonds. The number of hydrogen-bond acceptors (Lipinski definition) is 3. The summed E-state index contributed by atoms with van der Waals surface area (Å²) in [6.45, 7) is 3.19. The first-order valence-electron chi connectivity index (χ1n) is 9.13. The average Bonchev–Trinajstić information content (AvgIpc) is 2.88. The van der Waals surface area contributed by atoms with Crippen molar-refractivity contribution < 1.29 is 18.8 Å². The van der Waals surface area contributed by atoms with E-state index < -0.39 is 35.7 Å². The van der Waals surface area contributed by atoms with Gasteiger partial charge in [0.15, 0.2) is 0 Å². The number of rotatable bonds is 6. The number of halogens is 1. The van der Waals surface area contributed by atoms with Gasteiger partial charge in [-0.2, -0.15) is 0 Å². The van der Waals surface area contributed by atoms with Gasteiger partial charge in [-0.25, -0.2) is 9.18 Å². The molecule has 2 N–H and O–H groups in total. The van der Waals surface area contributed by atoms with Gasteiger partial charge >= 0.3 is 6.03 Å². The first-order chi connectivity index (χ1) is 13.3. The number of para-hydroxylation sites is 1. The number of aryl methyl sites for hydroxylation is 1. The van der Waals surface area contributed by atoms with Crippen LogP contribution in [0.2, 0.25) is 0 Å². The van der Waals surface area contributed by atoms with E-state index in [9.17, 15) is 18.8 Å². The maximum absolute atomic E-state index is 13.7. The van der Waals surface area contributed by atoms with Gasteiger partial charge in [0.25, 0.3) is 5.91 Å². The largest absolute Gasteiger partial charge is 0.325 e. The summed E-state index contributed by atoms with van der Waals surface area (Å²) in [6, 6.07) is 12.5. The molecule has 2 aromatic rings. The molecule has 1 aliphatic rings. The lowest BCUT2D eigenvalue weighted by Crippen LogP contribution is -2.42. The minimum Gasteiger partial charge on any atom is -0.322 e. The Morgan fingerprint density at radius 3 is 2.46 bits per heavy atom. The highest BCUT2D eigenvalue weighted by molar-refractivity contribution is 6.10. The van der Waals surface area contributed by atoms with E-state index >= 15 is 0 Å². The van der Waals surface area contributed by atoms with Crippen molar-refractivity contribution in [2.24, 2.45) is 0 Å². The van der Waals surface area contributed by atoms with Gasteiger partial charge in [0, 0.05) is 0 Å². The predicted molar refractivity (Wildman–Crippen MR) is 103 cm³/mol. The molecule has 0 spiro atoms. The summed E-state index contributed by atoms with van der Waals surface area (Å²) in [5.41, 5.74) is 0.532. The summed E-state index contributed by atoms with van der Waals surface area (Å²) >= 11 is 0. The van der Waals surface area contributed by atoms with E-state index in [1.54, 1.807) is 13.0 Å². The number of imide groups is 1. The number of carbonyl (C=O) groups excluding carboxylic acids is 3. The van der Waals surface area contributed by atoms with Crippen LogP contribution in [0.1, 0.15) is 31.4 Å². The molecule has 1 heterocycles. The Morgan fingerprint density at radius 2 is 1.82 bits per heavy atom. The third-order valence-corrected chi connectivity index (χ3v) is 4.79. The topological polar surface area (TPSA) is 78.5 Å². The second-order valence-corrected chi connectivity index (χ2v) is 6.92. The molecule has 6 nitrogen and oxygen atoms in total. The van der Waals surface area contributed by atoms with E-state index in [0.717, 1.165) is 23.3 Å². The Kier molecular flexibility index (Phi) is 5.44. The number of carbonyl (C=O) groups is 3. The zero-order valence-electron chi connectivity index (χ0n) is 15.8. The van der Waals surface area contributed by atoms with Crippen molar-refractivity contribution in [3.63, 3.8) is 0 Å². The molecule has 1 saturated heterocycles. The molecule has 146 valence electrons. The second kappa shape index (κ2) is 7.80. The minimum atomic E-state index is -1.25. The van der Waals surface area contributed by atoms with Crippen LogP contribution in [-0.4, -0.2) is 29.3 Å². The van der Waals surface area contributed by atoms with E-state index in [-0.39, 0.29) is 5.69 Å². The SMILES string of the molecule is CCCc1ccc([C@@]2(C)NC(=O)N(CC(=O)Nc3ccccc3F)C2=O)cc1. The van der Waals surface area contributed by atoms with E-state index in [2.05, 4.69) is 17.6 Å². The monoisotopic (exact) mass is 383 g/mol. The molecule has 1 fully saturated rings. The number of urea groups is 1. The van der Waals surface area contributed by atoms with Crippen LogP contribution in [0.25, 0.3) is 0 Å². The first kappa shape index (κ1) is 19.5. The summed E-state index contributed by atoms with van der Waals surface area (Å²) in [7, 11) is 0. The molecule has 0 saturated carbocycles. The predicted octanol–water partition coefficient (Wildman–Crippen LogP) is 3.18. The highest BCUT2D eigenvalue weighted by Gasteiger charge is 2.49. The number of benzene rings is 2. The van der Waals surface area contributed by atoms with Crippen molar-refractivity contribution in [1.82, 2.24) is 10.2 Å². The quantitative estimate of drug-likeness (QED) is 0.752. The van der Waals surface area contributed by atoms with Gasteiger partial charge in [-0.15, -0.1) is 0 Å². The Labute approximate surface area is 162 Å². The van der Waals surface area contributed by atoms with Crippen LogP contribution < -0.4 is 10.6 Å². The van der Waals surface area contributed by atoms with Crippen LogP contribution >= 0.6 is 0 Å². The maximum Gasteiger partial charge on any atom is 0.325 e. The van der Waals surface area contributed by atoms with Crippen LogP contribution in [0, 0.1) is 5.82 Å². The number of amides is 4. The second-order valence-electron chi connectivity index (χ2n) is 6.92. The molecule has 0 aromatic heterocycles. The highest BCUT2D eigenvalue weighted by atomic mass is 19.1. The maximum atomic E-state index is 13.7. The number of hydrogen-bond donors (Lipinski definition) is 2. The molecule has 1 atom stereocenters. The molecule has 3 rings (SSSR count). The Hall–Kier alpha value is -3.22. The van der Waals surface area contributed by atoms with Crippen LogP contribution in [0.3, 0.4) is 0 Å². The number of anilines is 1. The summed E-state index contributed by atoms with van der Waals surface area (Å²) < 4.78 is 13.7. The van der Waals surface area contributed by atoms with Crippen molar-refractivity contribution in [2.45, 2.75) is 32.2 Å². The lowest BCUT2D eigenvalue weighted by atomic mass is 9.91. The normalized spacial score (nSPS) is 18.9. The zero-order valence-corrected chi connectivity index (χ0v) is 15.8. The lowest BCUT2D eigenvalue weighted by molar-refractivity contribution is -0.133. The molecular weight excluding hydrogens is 361 g/mol. The lowest BCUT2D eigenvalue weighted by Gasteiger charge is -2.22. The van der Waals surface area contributed by atoms with Crippen LogP contribution in [0.4, 0.5) is 14.9 Å². The first-order valence-corrected chi connectivity index (χ1v) is 9.13. The molecule has 28 heavy (non-hydrogen) atoms. The molecule has 0 unspecified atom stereocenters. The molecular formula is C21H22FN3O3. The summed E-state index contributed by atoms with van der Waals surface area (Å²) in [5.74, 6) is -1.77. The third-order valence-electron chi connectivity index (χ3n) is 4.79. The molecule has 0 aliphatic carbocycles. The van der Waals surface area contributed by atoms with Crippen molar-refractivity contribution >= 4 is 23.5 Å². The van der Waals surface area contributed by atoms with Gasteiger partial charge in [-0.05, 0) is 36.6 Å². The van der Waals surface area contributed by atoms with Crippen LogP contribution in [0.5, 0.6) is 0 Å². The Morgan fingerprint density at radius 1 is 1.14 bits per heavy atom. The standard InChI is InChI=1S/C21H22FN3O3/c1-3-6-14-9-11-15(12-10-14)21(2)19(27)25(20(28)24-21)13-18(26)23-17-8-5-4-7-16(17)22/h4-5,7-12H,3,6,13H2,1-2H3,(H,23,26)(H,24,28)/t21-/m1/s1. The van der Waals surface area contributed by atoms with Gasteiger partial charge in [0.1, 0.15) is 17.9 Å². The van der Waals surface area contributed by atoms with Crippen LogP contribution in [-0.2, 0) is 21.5 Å². The minimum absolute atomic E-state index is 0.00571. The van der Waals surface area contributed by atoms with Crippen molar-refractivity contribution in [2.75, 3.05) is 11.9 Å². The van der Waals surface area contributed by atoms with Gasteiger partial charge in [0.2, 0.25) is 5.91 Å². The summed E-state index contributed by atoms with van der Waals surface area (Å²) in [4.78, 5) is 38.3. The van der Waals surface area contributed by atoms with E-state index in [1.807, 2.05) is 24.3 Å². The summed E-state index contributed by atoms with van der Waals surface area (Å²) in [5, 5.41) is 5.04. The fraction of sp³-hybridized carbons (Fsp3) is 0.286. The fourth-order valence-electron chi connectivity index (χ4n) is 3.23. The van der Waals surface area contributed by atoms with Gasteiger partial charge in [-0.1, -0.05) is 49.7 Å². The van der Waals surface area contributed by atoms with E-state index in [1.165, 1.54) is 18.2 Å². The van der Waals surface area contributed by atoms with E-state index in [4.69, 9.17) is 0 Å². The van der Waals surface area contributed by atoms with Gasteiger partial charge in [0.05, 0.1) is 5.69 Å². The van der Waals surface area contributed by atoms with Crippen LogP contribution in [0.15, 0.2) is 48.5 Å². The number of nitrogens with zero attached hydrogens (tertiary/aromatic N) is 1. The zero-order chi connectivity index (χ0) is 20.3. The highest BCUT2D eigenvalue weighted by Crippen LogP contribution is 2.29. The molecule has 2 aromatic carbocycles. The molecule has 7 heteroatoms. The van der Waals surface area contributed by atoms with Crippen molar-refractivity contribution in [3.8, 4) is 0 Å². The smallest absolute Gasteiger partial charge is 0.322 e. The Bertz CT molecular complexity index is 913. The average molecular weight is 383 g/mol. The van der Waals surface area contributed by atoms with Crippen molar-refractivity contribution in [3.05, 3.63) is 65.5 Å². The van der Waals surface area contributed by atoms with E-state index in [0.29, 0.717) is 5.56 Å². The Balaban J connectivity index is 1.73. The third kappa shape index (κ3) is 3.74. The van der Waals surface area contributed by atoms with Gasteiger partial charge < -0.3 is 10.6 Å². The molecule has 0 bridgehead atoms. The van der Waals surface area contributed by atoms with Crippen molar-refractivity contribution in [1.29, 1.82) is 0 Å². The fourth-order valence-corrected chi connectivity index (χ4v) is 3.23. The number of nitrogens with one attached hydrogen (secondary N) is 2.